The molecule has 0 aromatic heterocycles. The molecule has 1 saturated heterocycles. The molecule has 6 nitrogen and oxygen atoms in total. The van der Waals surface area contributed by atoms with E-state index in [1.807, 2.05) is 36.1 Å². The zero-order valence-corrected chi connectivity index (χ0v) is 14.8. The van der Waals surface area contributed by atoms with Crippen molar-refractivity contribution >= 4 is 17.4 Å². The Hall–Kier alpha value is -2.34. The van der Waals surface area contributed by atoms with Gasteiger partial charge in [0.25, 0.3) is 11.8 Å². The monoisotopic (exact) mass is 344 g/mol. The second kappa shape index (κ2) is 7.70. The molecule has 134 valence electrons. The number of ether oxygens (including phenoxy) is 2. The Bertz CT molecular complexity index is 675. The van der Waals surface area contributed by atoms with Crippen LogP contribution < -0.4 is 4.74 Å². The van der Waals surface area contributed by atoms with Crippen LogP contribution in [0.5, 0.6) is 5.75 Å². The zero-order valence-electron chi connectivity index (χ0n) is 14.8. The third-order valence-electron chi connectivity index (χ3n) is 4.40. The summed E-state index contributed by atoms with van der Waals surface area (Å²) in [6.07, 6.45) is 0.937. The quantitative estimate of drug-likeness (QED) is 0.738. The van der Waals surface area contributed by atoms with Crippen molar-refractivity contribution in [3.05, 3.63) is 35.5 Å². The van der Waals surface area contributed by atoms with E-state index in [1.165, 1.54) is 4.90 Å². The molecule has 0 saturated carbocycles. The van der Waals surface area contributed by atoms with E-state index in [-0.39, 0.29) is 11.8 Å². The fraction of sp³-hybridized carbons (Fsp3) is 0.474. The summed E-state index contributed by atoms with van der Waals surface area (Å²) < 4.78 is 11.0. The molecule has 1 aromatic rings. The topological polar surface area (TPSA) is 59.1 Å². The molecule has 0 radical (unpaired) electrons. The fourth-order valence-electron chi connectivity index (χ4n) is 3.13. The van der Waals surface area contributed by atoms with Crippen molar-refractivity contribution in [2.75, 3.05) is 39.5 Å². The number of carbonyl (C=O) groups is 2. The van der Waals surface area contributed by atoms with Crippen LogP contribution in [0.25, 0.3) is 5.57 Å². The van der Waals surface area contributed by atoms with Crippen LogP contribution in [0.2, 0.25) is 0 Å². The molecule has 1 fully saturated rings. The molecule has 2 heterocycles. The minimum atomic E-state index is -0.226. The van der Waals surface area contributed by atoms with E-state index in [9.17, 15) is 9.59 Å². The van der Waals surface area contributed by atoms with Crippen molar-refractivity contribution in [2.24, 2.45) is 0 Å². The van der Waals surface area contributed by atoms with Crippen LogP contribution in [0.15, 0.2) is 30.0 Å². The molecule has 6 heteroatoms. The number of amides is 2. The van der Waals surface area contributed by atoms with E-state index < -0.39 is 0 Å². The van der Waals surface area contributed by atoms with Gasteiger partial charge in [0.1, 0.15) is 11.4 Å². The number of likely N-dealkylation sites (N-methyl/N-ethyl adjacent to an activating group) is 1. The average Bonchev–Trinajstić information content (AvgIpc) is 2.91. The van der Waals surface area contributed by atoms with Gasteiger partial charge in [0, 0.05) is 19.6 Å². The Kier molecular flexibility index (Phi) is 5.38. The van der Waals surface area contributed by atoms with Crippen LogP contribution in [-0.4, -0.2) is 61.1 Å². The summed E-state index contributed by atoms with van der Waals surface area (Å²) in [5.74, 6) is 0.329. The van der Waals surface area contributed by atoms with Gasteiger partial charge in [-0.05, 0) is 31.0 Å². The molecule has 0 bridgehead atoms. The van der Waals surface area contributed by atoms with Crippen LogP contribution >= 0.6 is 0 Å². The summed E-state index contributed by atoms with van der Waals surface area (Å²) >= 11 is 0. The highest BCUT2D eigenvalue weighted by molar-refractivity contribution is 6.35. The van der Waals surface area contributed by atoms with E-state index in [1.54, 1.807) is 0 Å². The van der Waals surface area contributed by atoms with Gasteiger partial charge < -0.3 is 14.4 Å². The lowest BCUT2D eigenvalue weighted by Crippen LogP contribution is -2.40. The maximum atomic E-state index is 12.8. The van der Waals surface area contributed by atoms with Gasteiger partial charge in [0.2, 0.25) is 0 Å². The number of morpholine rings is 1. The summed E-state index contributed by atoms with van der Waals surface area (Å²) in [6, 6.07) is 7.40. The van der Waals surface area contributed by atoms with Crippen molar-refractivity contribution in [1.29, 1.82) is 0 Å². The normalized spacial score (nSPS) is 18.3. The molecule has 0 atom stereocenters. The molecule has 0 aliphatic carbocycles. The molecule has 0 N–H and O–H groups in total. The maximum absolute atomic E-state index is 12.8. The zero-order chi connectivity index (χ0) is 17.8. The second-order valence-corrected chi connectivity index (χ2v) is 6.05. The lowest BCUT2D eigenvalue weighted by Gasteiger charge is -2.29. The van der Waals surface area contributed by atoms with Gasteiger partial charge in [-0.3, -0.25) is 14.5 Å². The highest BCUT2D eigenvalue weighted by Crippen LogP contribution is 2.32. The first kappa shape index (κ1) is 17.5. The van der Waals surface area contributed by atoms with E-state index >= 15 is 0 Å². The van der Waals surface area contributed by atoms with Crippen LogP contribution in [0, 0.1) is 0 Å². The number of benzene rings is 1. The SMILES string of the molecule is CCCOc1ccc(C2=C(N3CCOCC3)C(=O)N(CC)C2=O)cc1. The average molecular weight is 344 g/mol. The fourth-order valence-corrected chi connectivity index (χ4v) is 3.13. The van der Waals surface area contributed by atoms with Crippen LogP contribution in [-0.2, 0) is 14.3 Å². The highest BCUT2D eigenvalue weighted by Gasteiger charge is 2.40. The largest absolute Gasteiger partial charge is 0.494 e. The summed E-state index contributed by atoms with van der Waals surface area (Å²) in [5.41, 5.74) is 1.73. The van der Waals surface area contributed by atoms with E-state index in [0.717, 1.165) is 17.7 Å². The van der Waals surface area contributed by atoms with E-state index in [2.05, 4.69) is 6.92 Å². The van der Waals surface area contributed by atoms with Gasteiger partial charge >= 0.3 is 0 Å². The predicted octanol–water partition coefficient (Wildman–Crippen LogP) is 1.91. The molecular formula is C19H24N2O4. The second-order valence-electron chi connectivity index (χ2n) is 6.05. The molecular weight excluding hydrogens is 320 g/mol. The van der Waals surface area contributed by atoms with Crippen molar-refractivity contribution < 1.29 is 19.1 Å². The standard InChI is InChI=1S/C19H24N2O4/c1-3-11-25-15-7-5-14(6-8-15)16-17(20-9-12-24-13-10-20)19(23)21(4-2)18(16)22/h5-8H,3-4,9-13H2,1-2H3. The summed E-state index contributed by atoms with van der Waals surface area (Å²) in [6.45, 7) is 7.25. The lowest BCUT2D eigenvalue weighted by atomic mass is 10.0. The number of nitrogens with zero attached hydrogens (tertiary/aromatic N) is 2. The number of hydrogen-bond acceptors (Lipinski definition) is 5. The molecule has 0 spiro atoms. The molecule has 2 aliphatic heterocycles. The predicted molar refractivity (Wildman–Crippen MR) is 93.9 cm³/mol. The molecule has 2 aliphatic rings. The smallest absolute Gasteiger partial charge is 0.277 e. The first-order valence-electron chi connectivity index (χ1n) is 8.83. The van der Waals surface area contributed by atoms with Gasteiger partial charge in [-0.25, -0.2) is 0 Å². The van der Waals surface area contributed by atoms with Crippen molar-refractivity contribution in [2.45, 2.75) is 20.3 Å². The van der Waals surface area contributed by atoms with Crippen molar-refractivity contribution in [1.82, 2.24) is 9.80 Å². The first-order valence-corrected chi connectivity index (χ1v) is 8.83. The third-order valence-corrected chi connectivity index (χ3v) is 4.40. The van der Waals surface area contributed by atoms with Gasteiger partial charge in [-0.1, -0.05) is 19.1 Å². The van der Waals surface area contributed by atoms with Crippen LogP contribution in [0.3, 0.4) is 0 Å². The molecule has 0 unspecified atom stereocenters. The van der Waals surface area contributed by atoms with Gasteiger partial charge in [-0.2, -0.15) is 0 Å². The summed E-state index contributed by atoms with van der Waals surface area (Å²) in [5, 5.41) is 0. The Balaban J connectivity index is 1.96. The van der Waals surface area contributed by atoms with Crippen molar-refractivity contribution in [3.8, 4) is 5.75 Å². The summed E-state index contributed by atoms with van der Waals surface area (Å²) in [7, 11) is 0. The minimum Gasteiger partial charge on any atom is -0.494 e. The Labute approximate surface area is 148 Å². The minimum absolute atomic E-state index is 0.212. The maximum Gasteiger partial charge on any atom is 0.277 e. The van der Waals surface area contributed by atoms with Gasteiger partial charge in [0.05, 0.1) is 25.4 Å². The van der Waals surface area contributed by atoms with Crippen molar-refractivity contribution in [3.63, 3.8) is 0 Å². The lowest BCUT2D eigenvalue weighted by molar-refractivity contribution is -0.137. The third kappa shape index (κ3) is 3.39. The Morgan fingerprint density at radius 3 is 2.32 bits per heavy atom. The van der Waals surface area contributed by atoms with Crippen LogP contribution in [0.4, 0.5) is 0 Å². The number of imide groups is 1. The summed E-state index contributed by atoms with van der Waals surface area (Å²) in [4.78, 5) is 28.9. The number of carbonyl (C=O) groups excluding carboxylic acids is 2. The highest BCUT2D eigenvalue weighted by atomic mass is 16.5. The molecule has 25 heavy (non-hydrogen) atoms. The molecule has 3 rings (SSSR count). The van der Waals surface area contributed by atoms with Gasteiger partial charge in [-0.15, -0.1) is 0 Å². The molecule has 2 amide bonds. The van der Waals surface area contributed by atoms with Crippen LogP contribution in [0.1, 0.15) is 25.8 Å². The number of hydrogen-bond donors (Lipinski definition) is 0. The molecule has 1 aromatic carbocycles. The Morgan fingerprint density at radius 2 is 1.72 bits per heavy atom. The number of rotatable bonds is 6. The van der Waals surface area contributed by atoms with Gasteiger partial charge in [0.15, 0.2) is 0 Å². The van der Waals surface area contributed by atoms with E-state index in [0.29, 0.717) is 50.7 Å². The van der Waals surface area contributed by atoms with E-state index in [4.69, 9.17) is 9.47 Å². The first-order chi connectivity index (χ1) is 12.2. The Morgan fingerprint density at radius 1 is 1.04 bits per heavy atom.